The number of nitrogens with zero attached hydrogens (tertiary/aromatic N) is 1. The van der Waals surface area contributed by atoms with Gasteiger partial charge in [0.05, 0.1) is 6.42 Å². The minimum Gasteiger partial charge on any atom is -0.353 e. The van der Waals surface area contributed by atoms with Gasteiger partial charge in [-0.2, -0.15) is 0 Å². The molecular weight excluding hydrogens is 306 g/mol. The van der Waals surface area contributed by atoms with Crippen molar-refractivity contribution in [1.82, 2.24) is 10.2 Å². The Hall–Kier alpha value is -2.63. The van der Waals surface area contributed by atoms with Crippen LogP contribution < -0.4 is 10.6 Å². The number of hydrogen-bond donors (Lipinski definition) is 2. The fourth-order valence-corrected chi connectivity index (χ4v) is 2.18. The molecule has 128 valence electrons. The van der Waals surface area contributed by atoms with E-state index in [1.165, 1.54) is 6.08 Å². The summed E-state index contributed by atoms with van der Waals surface area (Å²) in [5.74, 6) is -0.370. The summed E-state index contributed by atoms with van der Waals surface area (Å²) >= 11 is 0. The minimum atomic E-state index is -0.294. The van der Waals surface area contributed by atoms with Crippen molar-refractivity contribution < 1.29 is 14.4 Å². The highest BCUT2D eigenvalue weighted by atomic mass is 16.2. The molecule has 3 amide bonds. The molecule has 0 aliphatic heterocycles. The number of carbonyl (C=O) groups excluding carboxylic acids is 3. The van der Waals surface area contributed by atoms with Crippen molar-refractivity contribution in [3.8, 4) is 0 Å². The first-order valence-corrected chi connectivity index (χ1v) is 8.03. The number of anilines is 1. The monoisotopic (exact) mass is 329 g/mol. The standard InChI is InChI=1S/C18H23N3O3/c1-3-16(22)20-15-6-4-5-13(11-15)12-18(24)21(2)10-9-17(23)19-14-7-8-14/h3-6,11,14H,1,7-10,12H2,2H3,(H,19,23)(H,20,22). The number of hydrogen-bond acceptors (Lipinski definition) is 3. The summed E-state index contributed by atoms with van der Waals surface area (Å²) < 4.78 is 0. The number of nitrogens with one attached hydrogen (secondary N) is 2. The molecule has 0 saturated heterocycles. The van der Waals surface area contributed by atoms with Crippen molar-refractivity contribution in [2.45, 2.75) is 31.7 Å². The smallest absolute Gasteiger partial charge is 0.247 e. The Bertz CT molecular complexity index is 638. The Labute approximate surface area is 141 Å². The predicted octanol–water partition coefficient (Wildman–Crippen LogP) is 1.48. The van der Waals surface area contributed by atoms with Gasteiger partial charge in [0.25, 0.3) is 0 Å². The summed E-state index contributed by atoms with van der Waals surface area (Å²) in [5.41, 5.74) is 1.42. The highest BCUT2D eigenvalue weighted by Crippen LogP contribution is 2.18. The second kappa shape index (κ2) is 8.29. The van der Waals surface area contributed by atoms with Crippen LogP contribution in [0, 0.1) is 0 Å². The van der Waals surface area contributed by atoms with E-state index in [1.807, 2.05) is 6.07 Å². The molecule has 1 aromatic rings. The number of likely N-dealkylation sites (N-methyl/N-ethyl adjacent to an activating group) is 1. The van der Waals surface area contributed by atoms with Crippen LogP contribution in [-0.2, 0) is 20.8 Å². The van der Waals surface area contributed by atoms with Crippen molar-refractivity contribution in [2.75, 3.05) is 18.9 Å². The lowest BCUT2D eigenvalue weighted by Crippen LogP contribution is -2.33. The zero-order valence-electron chi connectivity index (χ0n) is 13.9. The summed E-state index contributed by atoms with van der Waals surface area (Å²) in [6.07, 6.45) is 3.84. The Kier molecular flexibility index (Phi) is 6.12. The Balaban J connectivity index is 1.81. The molecule has 0 heterocycles. The van der Waals surface area contributed by atoms with Gasteiger partial charge in [0.2, 0.25) is 17.7 Å². The fraction of sp³-hybridized carbons (Fsp3) is 0.389. The van der Waals surface area contributed by atoms with Crippen LogP contribution >= 0.6 is 0 Å². The first kappa shape index (κ1) is 17.7. The third-order valence-corrected chi connectivity index (χ3v) is 3.78. The van der Waals surface area contributed by atoms with E-state index in [9.17, 15) is 14.4 Å². The molecule has 1 aromatic carbocycles. The van der Waals surface area contributed by atoms with E-state index >= 15 is 0 Å². The van der Waals surface area contributed by atoms with Crippen LogP contribution in [0.2, 0.25) is 0 Å². The third kappa shape index (κ3) is 5.87. The van der Waals surface area contributed by atoms with Gasteiger partial charge in [0.15, 0.2) is 0 Å². The van der Waals surface area contributed by atoms with Crippen LogP contribution in [0.3, 0.4) is 0 Å². The molecule has 2 rings (SSSR count). The van der Waals surface area contributed by atoms with Gasteiger partial charge in [-0.05, 0) is 36.6 Å². The van der Waals surface area contributed by atoms with Gasteiger partial charge in [0.1, 0.15) is 0 Å². The van der Waals surface area contributed by atoms with E-state index in [4.69, 9.17) is 0 Å². The Morgan fingerprint density at radius 1 is 1.33 bits per heavy atom. The zero-order chi connectivity index (χ0) is 17.5. The molecule has 0 bridgehead atoms. The maximum atomic E-state index is 12.2. The van der Waals surface area contributed by atoms with Crippen molar-refractivity contribution in [3.05, 3.63) is 42.5 Å². The molecular formula is C18H23N3O3. The maximum absolute atomic E-state index is 12.2. The molecule has 1 saturated carbocycles. The highest BCUT2D eigenvalue weighted by Gasteiger charge is 2.23. The molecule has 2 N–H and O–H groups in total. The number of rotatable bonds is 8. The lowest BCUT2D eigenvalue weighted by molar-refractivity contribution is -0.130. The van der Waals surface area contributed by atoms with Crippen LogP contribution in [-0.4, -0.2) is 42.3 Å². The quantitative estimate of drug-likeness (QED) is 0.709. The van der Waals surface area contributed by atoms with Crippen LogP contribution in [0.5, 0.6) is 0 Å². The first-order chi connectivity index (χ1) is 11.5. The van der Waals surface area contributed by atoms with Gasteiger partial charge in [-0.25, -0.2) is 0 Å². The topological polar surface area (TPSA) is 78.5 Å². The molecule has 1 aliphatic rings. The molecule has 1 fully saturated rings. The van der Waals surface area contributed by atoms with E-state index < -0.39 is 0 Å². The third-order valence-electron chi connectivity index (χ3n) is 3.78. The summed E-state index contributed by atoms with van der Waals surface area (Å²) in [6, 6.07) is 7.46. The molecule has 0 aromatic heterocycles. The SMILES string of the molecule is C=CC(=O)Nc1cccc(CC(=O)N(C)CCC(=O)NC2CC2)c1. The van der Waals surface area contributed by atoms with Gasteiger partial charge in [-0.1, -0.05) is 18.7 Å². The molecule has 0 spiro atoms. The second-order valence-corrected chi connectivity index (χ2v) is 5.98. The average Bonchev–Trinajstić information content (AvgIpc) is 3.36. The van der Waals surface area contributed by atoms with Gasteiger partial charge in [-0.3, -0.25) is 14.4 Å². The van der Waals surface area contributed by atoms with Crippen molar-refractivity contribution in [2.24, 2.45) is 0 Å². The summed E-state index contributed by atoms with van der Waals surface area (Å²) in [5, 5.41) is 5.57. The lowest BCUT2D eigenvalue weighted by atomic mass is 10.1. The highest BCUT2D eigenvalue weighted by molar-refractivity contribution is 5.98. The molecule has 1 aliphatic carbocycles. The largest absolute Gasteiger partial charge is 0.353 e. The van der Waals surface area contributed by atoms with E-state index in [0.29, 0.717) is 24.7 Å². The van der Waals surface area contributed by atoms with Gasteiger partial charge in [0, 0.05) is 31.7 Å². The van der Waals surface area contributed by atoms with Gasteiger partial charge >= 0.3 is 0 Å². The number of amides is 3. The van der Waals surface area contributed by atoms with E-state index in [2.05, 4.69) is 17.2 Å². The predicted molar refractivity (Wildman–Crippen MR) is 92.4 cm³/mol. The van der Waals surface area contributed by atoms with Crippen LogP contribution in [0.15, 0.2) is 36.9 Å². The minimum absolute atomic E-state index is 0.00807. The number of carbonyl (C=O) groups is 3. The lowest BCUT2D eigenvalue weighted by Gasteiger charge is -2.17. The maximum Gasteiger partial charge on any atom is 0.247 e. The molecule has 6 heteroatoms. The van der Waals surface area contributed by atoms with E-state index in [0.717, 1.165) is 18.4 Å². The summed E-state index contributed by atoms with van der Waals surface area (Å²) in [6.45, 7) is 3.79. The second-order valence-electron chi connectivity index (χ2n) is 5.98. The van der Waals surface area contributed by atoms with E-state index in [1.54, 1.807) is 30.1 Å². The van der Waals surface area contributed by atoms with Crippen LogP contribution in [0.1, 0.15) is 24.8 Å². The van der Waals surface area contributed by atoms with E-state index in [-0.39, 0.29) is 24.1 Å². The first-order valence-electron chi connectivity index (χ1n) is 8.03. The van der Waals surface area contributed by atoms with Crippen molar-refractivity contribution in [1.29, 1.82) is 0 Å². The Morgan fingerprint density at radius 2 is 2.08 bits per heavy atom. The van der Waals surface area contributed by atoms with Crippen LogP contribution in [0.25, 0.3) is 0 Å². The van der Waals surface area contributed by atoms with Crippen LogP contribution in [0.4, 0.5) is 5.69 Å². The summed E-state index contributed by atoms with van der Waals surface area (Å²) in [7, 11) is 1.69. The number of benzene rings is 1. The zero-order valence-corrected chi connectivity index (χ0v) is 13.9. The Morgan fingerprint density at radius 3 is 2.75 bits per heavy atom. The van der Waals surface area contributed by atoms with Crippen molar-refractivity contribution >= 4 is 23.4 Å². The fourth-order valence-electron chi connectivity index (χ4n) is 2.18. The molecule has 24 heavy (non-hydrogen) atoms. The summed E-state index contributed by atoms with van der Waals surface area (Å²) in [4.78, 5) is 36.8. The van der Waals surface area contributed by atoms with Crippen molar-refractivity contribution in [3.63, 3.8) is 0 Å². The molecule has 0 radical (unpaired) electrons. The molecule has 6 nitrogen and oxygen atoms in total. The molecule has 0 unspecified atom stereocenters. The molecule has 0 atom stereocenters. The van der Waals surface area contributed by atoms with Gasteiger partial charge in [-0.15, -0.1) is 0 Å². The average molecular weight is 329 g/mol. The normalized spacial score (nSPS) is 13.0. The van der Waals surface area contributed by atoms with Gasteiger partial charge < -0.3 is 15.5 Å².